The lowest BCUT2D eigenvalue weighted by molar-refractivity contribution is 0.251. The normalized spacial score (nSPS) is 10.7. The summed E-state index contributed by atoms with van der Waals surface area (Å²) in [4.78, 5) is 18.4. The SMILES string of the molecule is CCCCN(CC)Cc1cccc(CNC(=O)Nc2cccnc2)c1. The van der Waals surface area contributed by atoms with Crippen molar-refractivity contribution in [1.82, 2.24) is 15.2 Å². The van der Waals surface area contributed by atoms with E-state index in [4.69, 9.17) is 0 Å². The molecule has 2 amide bonds. The Morgan fingerprint density at radius 2 is 2.00 bits per heavy atom. The van der Waals surface area contributed by atoms with Gasteiger partial charge in [-0.2, -0.15) is 0 Å². The van der Waals surface area contributed by atoms with E-state index >= 15 is 0 Å². The van der Waals surface area contributed by atoms with Crippen molar-refractivity contribution < 1.29 is 4.79 Å². The predicted molar refractivity (Wildman–Crippen MR) is 102 cm³/mol. The van der Waals surface area contributed by atoms with E-state index in [-0.39, 0.29) is 6.03 Å². The molecule has 5 heteroatoms. The summed E-state index contributed by atoms with van der Waals surface area (Å²) in [7, 11) is 0. The quantitative estimate of drug-likeness (QED) is 0.725. The first kappa shape index (κ1) is 18.9. The molecule has 0 atom stereocenters. The number of amides is 2. The van der Waals surface area contributed by atoms with Gasteiger partial charge in [0.05, 0.1) is 11.9 Å². The van der Waals surface area contributed by atoms with Crippen molar-refractivity contribution in [3.05, 3.63) is 59.9 Å². The molecule has 1 heterocycles. The summed E-state index contributed by atoms with van der Waals surface area (Å²) in [6, 6.07) is 11.8. The molecule has 2 aromatic rings. The molecule has 0 saturated heterocycles. The minimum Gasteiger partial charge on any atom is -0.334 e. The summed E-state index contributed by atoms with van der Waals surface area (Å²) >= 11 is 0. The van der Waals surface area contributed by atoms with Crippen LogP contribution in [0.4, 0.5) is 10.5 Å². The van der Waals surface area contributed by atoms with Crippen molar-refractivity contribution >= 4 is 11.7 Å². The van der Waals surface area contributed by atoms with Crippen LogP contribution in [0.2, 0.25) is 0 Å². The van der Waals surface area contributed by atoms with Crippen molar-refractivity contribution in [2.75, 3.05) is 18.4 Å². The van der Waals surface area contributed by atoms with E-state index < -0.39 is 0 Å². The largest absolute Gasteiger partial charge is 0.334 e. The molecular weight excluding hydrogens is 312 g/mol. The Bertz CT molecular complexity index is 645. The van der Waals surface area contributed by atoms with Gasteiger partial charge in [-0.1, -0.05) is 44.5 Å². The van der Waals surface area contributed by atoms with Crippen LogP contribution in [0.3, 0.4) is 0 Å². The molecule has 1 aromatic heterocycles. The summed E-state index contributed by atoms with van der Waals surface area (Å²) in [6.07, 6.45) is 5.74. The van der Waals surface area contributed by atoms with Crippen LogP contribution < -0.4 is 10.6 Å². The lowest BCUT2D eigenvalue weighted by Gasteiger charge is -2.20. The molecule has 0 aliphatic heterocycles. The number of unbranched alkanes of at least 4 members (excludes halogenated alkanes) is 1. The second kappa shape index (κ2) is 10.5. The highest BCUT2D eigenvalue weighted by Crippen LogP contribution is 2.10. The number of hydrogen-bond acceptors (Lipinski definition) is 3. The minimum absolute atomic E-state index is 0.225. The van der Waals surface area contributed by atoms with Gasteiger partial charge in [-0.15, -0.1) is 0 Å². The first-order valence-electron chi connectivity index (χ1n) is 8.96. The van der Waals surface area contributed by atoms with Crippen LogP contribution in [0, 0.1) is 0 Å². The van der Waals surface area contributed by atoms with Gasteiger partial charge in [0.1, 0.15) is 0 Å². The van der Waals surface area contributed by atoms with Crippen molar-refractivity contribution in [1.29, 1.82) is 0 Å². The van der Waals surface area contributed by atoms with Crippen LogP contribution >= 0.6 is 0 Å². The number of pyridine rings is 1. The Labute approximate surface area is 150 Å². The molecule has 0 saturated carbocycles. The van der Waals surface area contributed by atoms with E-state index in [1.54, 1.807) is 18.5 Å². The average molecular weight is 340 g/mol. The number of anilines is 1. The summed E-state index contributed by atoms with van der Waals surface area (Å²) < 4.78 is 0. The molecule has 0 aliphatic carbocycles. The Kier molecular flexibility index (Phi) is 7.92. The summed E-state index contributed by atoms with van der Waals surface area (Å²) in [5.74, 6) is 0. The highest BCUT2D eigenvalue weighted by molar-refractivity contribution is 5.88. The Morgan fingerprint density at radius 3 is 2.72 bits per heavy atom. The Hall–Kier alpha value is -2.40. The number of carbonyl (C=O) groups is 1. The first-order chi connectivity index (χ1) is 12.2. The number of urea groups is 1. The second-order valence-electron chi connectivity index (χ2n) is 6.09. The van der Waals surface area contributed by atoms with Crippen molar-refractivity contribution in [3.63, 3.8) is 0 Å². The topological polar surface area (TPSA) is 57.3 Å². The summed E-state index contributed by atoms with van der Waals surface area (Å²) in [5.41, 5.74) is 3.07. The summed E-state index contributed by atoms with van der Waals surface area (Å²) in [6.45, 7) is 8.05. The van der Waals surface area contributed by atoms with E-state index in [2.05, 4.69) is 52.6 Å². The summed E-state index contributed by atoms with van der Waals surface area (Å²) in [5, 5.41) is 5.66. The van der Waals surface area contributed by atoms with Crippen LogP contribution in [0.5, 0.6) is 0 Å². The molecule has 2 rings (SSSR count). The molecule has 134 valence electrons. The zero-order chi connectivity index (χ0) is 17.9. The van der Waals surface area contributed by atoms with Gasteiger partial charge < -0.3 is 10.6 Å². The van der Waals surface area contributed by atoms with Crippen LogP contribution in [0.25, 0.3) is 0 Å². The standard InChI is InChI=1S/C20H28N4O/c1-3-5-12-24(4-2)16-18-9-6-8-17(13-18)14-22-20(25)23-19-10-7-11-21-15-19/h6-11,13,15H,3-5,12,14,16H2,1-2H3,(H2,22,23,25). The van der Waals surface area contributed by atoms with E-state index in [9.17, 15) is 4.79 Å². The number of nitrogens with one attached hydrogen (secondary N) is 2. The smallest absolute Gasteiger partial charge is 0.319 e. The first-order valence-corrected chi connectivity index (χ1v) is 8.96. The molecule has 0 unspecified atom stereocenters. The third-order valence-corrected chi connectivity index (χ3v) is 4.05. The molecule has 25 heavy (non-hydrogen) atoms. The molecule has 0 bridgehead atoms. The van der Waals surface area contributed by atoms with E-state index in [0.29, 0.717) is 12.2 Å². The van der Waals surface area contributed by atoms with Gasteiger partial charge in [0.15, 0.2) is 0 Å². The zero-order valence-corrected chi connectivity index (χ0v) is 15.2. The third-order valence-electron chi connectivity index (χ3n) is 4.05. The van der Waals surface area contributed by atoms with Gasteiger partial charge in [-0.3, -0.25) is 9.88 Å². The molecule has 5 nitrogen and oxygen atoms in total. The van der Waals surface area contributed by atoms with Gasteiger partial charge in [-0.25, -0.2) is 4.79 Å². The number of rotatable bonds is 9. The van der Waals surface area contributed by atoms with Crippen molar-refractivity contribution in [2.24, 2.45) is 0 Å². The number of aromatic nitrogens is 1. The van der Waals surface area contributed by atoms with E-state index in [1.165, 1.54) is 18.4 Å². The van der Waals surface area contributed by atoms with Crippen LogP contribution in [-0.4, -0.2) is 29.0 Å². The van der Waals surface area contributed by atoms with Crippen molar-refractivity contribution in [3.8, 4) is 0 Å². The van der Waals surface area contributed by atoms with Crippen LogP contribution in [0.15, 0.2) is 48.8 Å². The molecule has 0 radical (unpaired) electrons. The number of hydrogen-bond donors (Lipinski definition) is 2. The van der Waals surface area contributed by atoms with E-state index in [0.717, 1.165) is 25.2 Å². The van der Waals surface area contributed by atoms with Crippen molar-refractivity contribution in [2.45, 2.75) is 39.8 Å². The molecule has 0 spiro atoms. The fourth-order valence-electron chi connectivity index (χ4n) is 2.62. The van der Waals surface area contributed by atoms with Gasteiger partial charge in [-0.05, 0) is 42.8 Å². The van der Waals surface area contributed by atoms with Gasteiger partial charge in [0.2, 0.25) is 0 Å². The Balaban J connectivity index is 1.85. The third kappa shape index (κ3) is 6.93. The second-order valence-corrected chi connectivity index (χ2v) is 6.09. The van der Waals surface area contributed by atoms with E-state index in [1.807, 2.05) is 12.1 Å². The lowest BCUT2D eigenvalue weighted by atomic mass is 10.1. The molecule has 2 N–H and O–H groups in total. The fraction of sp³-hybridized carbons (Fsp3) is 0.400. The molecule has 0 fully saturated rings. The maximum atomic E-state index is 12.0. The number of benzene rings is 1. The van der Waals surface area contributed by atoms with Crippen LogP contribution in [0.1, 0.15) is 37.8 Å². The van der Waals surface area contributed by atoms with Crippen LogP contribution in [-0.2, 0) is 13.1 Å². The molecular formula is C20H28N4O. The molecule has 0 aliphatic rings. The Morgan fingerprint density at radius 1 is 1.16 bits per heavy atom. The highest BCUT2D eigenvalue weighted by atomic mass is 16.2. The zero-order valence-electron chi connectivity index (χ0n) is 15.2. The maximum Gasteiger partial charge on any atom is 0.319 e. The molecule has 1 aromatic carbocycles. The van der Waals surface area contributed by atoms with Gasteiger partial charge >= 0.3 is 6.03 Å². The number of carbonyl (C=O) groups excluding carboxylic acids is 1. The highest BCUT2D eigenvalue weighted by Gasteiger charge is 2.05. The maximum absolute atomic E-state index is 12.0. The van der Waals surface area contributed by atoms with Gasteiger partial charge in [0, 0.05) is 19.3 Å². The monoisotopic (exact) mass is 340 g/mol. The average Bonchev–Trinajstić information content (AvgIpc) is 2.64. The number of nitrogens with zero attached hydrogens (tertiary/aromatic N) is 2. The predicted octanol–water partition coefficient (Wildman–Crippen LogP) is 4.03. The lowest BCUT2D eigenvalue weighted by Crippen LogP contribution is -2.28. The van der Waals surface area contributed by atoms with Gasteiger partial charge in [0.25, 0.3) is 0 Å². The minimum atomic E-state index is -0.225. The fourth-order valence-corrected chi connectivity index (χ4v) is 2.62.